The summed E-state index contributed by atoms with van der Waals surface area (Å²) >= 11 is 5.39. The second-order valence-corrected chi connectivity index (χ2v) is 4.53. The van der Waals surface area contributed by atoms with E-state index in [2.05, 4.69) is 10.3 Å². The third-order valence-electron chi connectivity index (χ3n) is 2.80. The van der Waals surface area contributed by atoms with Gasteiger partial charge in [-0.15, -0.1) is 13.2 Å². The van der Waals surface area contributed by atoms with E-state index >= 15 is 0 Å². The van der Waals surface area contributed by atoms with Crippen LogP contribution in [-0.2, 0) is 10.3 Å². The Morgan fingerprint density at radius 3 is 2.20 bits per heavy atom. The van der Waals surface area contributed by atoms with Crippen LogP contribution in [0.2, 0.25) is 5.02 Å². The SMILES string of the molecule is CC1(c2c(F)cc(Cl)cc2F)C(=O)N=NN1C(F)(F)F. The van der Waals surface area contributed by atoms with E-state index in [0.29, 0.717) is 19.1 Å². The van der Waals surface area contributed by atoms with Gasteiger partial charge in [-0.3, -0.25) is 4.79 Å². The quantitative estimate of drug-likeness (QED) is 0.588. The first-order valence-corrected chi connectivity index (χ1v) is 5.44. The normalized spacial score (nSPS) is 22.8. The van der Waals surface area contributed by atoms with E-state index in [4.69, 9.17) is 11.6 Å². The summed E-state index contributed by atoms with van der Waals surface area (Å²) in [6, 6.07) is 1.21. The van der Waals surface area contributed by atoms with Crippen LogP contribution < -0.4 is 0 Å². The van der Waals surface area contributed by atoms with Gasteiger partial charge in [-0.05, 0) is 19.1 Å². The van der Waals surface area contributed by atoms with E-state index in [1.54, 1.807) is 0 Å². The smallest absolute Gasteiger partial charge is 0.268 e. The molecule has 108 valence electrons. The molecule has 4 nitrogen and oxygen atoms in total. The number of carbonyl (C=O) groups is 1. The summed E-state index contributed by atoms with van der Waals surface area (Å²) in [5.74, 6) is -4.23. The van der Waals surface area contributed by atoms with Gasteiger partial charge in [-0.2, -0.15) is 5.01 Å². The van der Waals surface area contributed by atoms with Gasteiger partial charge in [0.2, 0.25) is 0 Å². The Balaban J connectivity index is 2.69. The molecule has 1 aromatic carbocycles. The molecular weight excluding hydrogens is 309 g/mol. The molecule has 0 aromatic heterocycles. The second-order valence-electron chi connectivity index (χ2n) is 4.09. The summed E-state index contributed by atoms with van der Waals surface area (Å²) < 4.78 is 66.0. The lowest BCUT2D eigenvalue weighted by Crippen LogP contribution is -2.50. The fourth-order valence-electron chi connectivity index (χ4n) is 1.89. The first-order chi connectivity index (χ1) is 9.08. The minimum atomic E-state index is -5.14. The number of rotatable bonds is 1. The first-order valence-electron chi connectivity index (χ1n) is 5.06. The van der Waals surface area contributed by atoms with Crippen LogP contribution in [0.15, 0.2) is 22.5 Å². The summed E-state index contributed by atoms with van der Waals surface area (Å²) in [5, 5.41) is 4.33. The fourth-order valence-corrected chi connectivity index (χ4v) is 2.08. The van der Waals surface area contributed by atoms with Gasteiger partial charge in [0.25, 0.3) is 5.91 Å². The van der Waals surface area contributed by atoms with Gasteiger partial charge < -0.3 is 0 Å². The molecule has 1 atom stereocenters. The third kappa shape index (κ3) is 2.01. The average Bonchev–Trinajstić information content (AvgIpc) is 2.53. The zero-order valence-corrected chi connectivity index (χ0v) is 10.4. The zero-order chi connectivity index (χ0) is 15.3. The van der Waals surface area contributed by atoms with E-state index in [1.807, 2.05) is 0 Å². The molecule has 0 radical (unpaired) electrons. The van der Waals surface area contributed by atoms with Crippen molar-refractivity contribution in [3.8, 4) is 0 Å². The van der Waals surface area contributed by atoms with Crippen LogP contribution in [0.25, 0.3) is 0 Å². The molecule has 1 amide bonds. The molecule has 0 bridgehead atoms. The van der Waals surface area contributed by atoms with Crippen molar-refractivity contribution in [3.05, 3.63) is 34.4 Å². The highest BCUT2D eigenvalue weighted by Gasteiger charge is 2.59. The predicted octanol–water partition coefficient (Wildman–Crippen LogP) is 3.56. The summed E-state index contributed by atoms with van der Waals surface area (Å²) in [7, 11) is 0. The van der Waals surface area contributed by atoms with Crippen LogP contribution in [0.1, 0.15) is 12.5 Å². The van der Waals surface area contributed by atoms with Crippen LogP contribution in [0, 0.1) is 11.6 Å². The van der Waals surface area contributed by atoms with Crippen molar-refractivity contribution >= 4 is 17.5 Å². The van der Waals surface area contributed by atoms with Crippen LogP contribution in [-0.4, -0.2) is 17.2 Å². The van der Waals surface area contributed by atoms with Crippen molar-refractivity contribution < 1.29 is 26.7 Å². The molecule has 20 heavy (non-hydrogen) atoms. The van der Waals surface area contributed by atoms with Gasteiger partial charge in [-0.1, -0.05) is 21.9 Å². The topological polar surface area (TPSA) is 45.0 Å². The number of alkyl halides is 3. The monoisotopic (exact) mass is 313 g/mol. The Kier molecular flexibility index (Phi) is 3.20. The Bertz CT molecular complexity index is 594. The number of nitrogens with zero attached hydrogens (tertiary/aromatic N) is 3. The van der Waals surface area contributed by atoms with Crippen LogP contribution in [0.5, 0.6) is 0 Å². The molecule has 0 saturated carbocycles. The Morgan fingerprint density at radius 1 is 1.25 bits per heavy atom. The van der Waals surface area contributed by atoms with Gasteiger partial charge >= 0.3 is 6.30 Å². The summed E-state index contributed by atoms with van der Waals surface area (Å²) in [5.41, 5.74) is -3.87. The Morgan fingerprint density at radius 2 is 1.75 bits per heavy atom. The number of hydrogen-bond acceptors (Lipinski definition) is 3. The van der Waals surface area contributed by atoms with Gasteiger partial charge in [0, 0.05) is 5.02 Å². The first kappa shape index (κ1) is 14.6. The zero-order valence-electron chi connectivity index (χ0n) is 9.67. The van der Waals surface area contributed by atoms with Crippen molar-refractivity contribution in [1.29, 1.82) is 0 Å². The highest BCUT2D eigenvalue weighted by Crippen LogP contribution is 2.44. The molecule has 0 N–H and O–H groups in total. The number of halogens is 6. The molecule has 10 heteroatoms. The Labute approximate surface area is 113 Å². The van der Waals surface area contributed by atoms with Gasteiger partial charge in [0.05, 0.1) is 5.56 Å². The lowest BCUT2D eigenvalue weighted by atomic mass is 9.90. The van der Waals surface area contributed by atoms with E-state index in [1.165, 1.54) is 0 Å². The third-order valence-corrected chi connectivity index (χ3v) is 3.02. The van der Waals surface area contributed by atoms with Gasteiger partial charge in [0.1, 0.15) is 11.6 Å². The molecule has 1 aromatic rings. The molecule has 0 spiro atoms. The summed E-state index contributed by atoms with van der Waals surface area (Å²) in [4.78, 5) is 11.6. The molecule has 1 heterocycles. The average molecular weight is 314 g/mol. The lowest BCUT2D eigenvalue weighted by Gasteiger charge is -2.32. The largest absolute Gasteiger partial charge is 0.503 e. The van der Waals surface area contributed by atoms with E-state index in [-0.39, 0.29) is 5.02 Å². The van der Waals surface area contributed by atoms with Crippen LogP contribution in [0.3, 0.4) is 0 Å². The fraction of sp³-hybridized carbons (Fsp3) is 0.300. The number of hydrogen-bond donors (Lipinski definition) is 0. The molecule has 1 aliphatic rings. The second kappa shape index (κ2) is 4.37. The van der Waals surface area contributed by atoms with Gasteiger partial charge in [-0.25, -0.2) is 8.78 Å². The molecule has 1 aliphatic heterocycles. The van der Waals surface area contributed by atoms with Crippen molar-refractivity contribution in [2.45, 2.75) is 18.8 Å². The maximum atomic E-state index is 13.8. The predicted molar refractivity (Wildman–Crippen MR) is 56.5 cm³/mol. The standard InChI is InChI=1S/C10H5ClF5N3O/c1-9(7-5(12)2-4(11)3-6(7)13)8(20)17-18-19(9)10(14,15)16/h2-3H,1H3. The number of amides is 1. The van der Waals surface area contributed by atoms with Crippen molar-refractivity contribution in [2.24, 2.45) is 10.3 Å². The minimum absolute atomic E-state index is 0.356. The van der Waals surface area contributed by atoms with E-state index in [9.17, 15) is 26.7 Å². The maximum Gasteiger partial charge on any atom is 0.503 e. The number of benzene rings is 1. The van der Waals surface area contributed by atoms with Crippen LogP contribution in [0.4, 0.5) is 22.0 Å². The Hall–Kier alpha value is -1.77. The molecule has 1 unspecified atom stereocenters. The van der Waals surface area contributed by atoms with Crippen molar-refractivity contribution in [2.75, 3.05) is 0 Å². The maximum absolute atomic E-state index is 13.8. The molecule has 0 saturated heterocycles. The van der Waals surface area contributed by atoms with Gasteiger partial charge in [0.15, 0.2) is 5.54 Å². The van der Waals surface area contributed by atoms with Crippen molar-refractivity contribution in [3.63, 3.8) is 0 Å². The molecule has 0 aliphatic carbocycles. The van der Waals surface area contributed by atoms with E-state index in [0.717, 1.165) is 0 Å². The lowest BCUT2D eigenvalue weighted by molar-refractivity contribution is -0.270. The number of carbonyl (C=O) groups excluding carboxylic acids is 1. The summed E-state index contributed by atoms with van der Waals surface area (Å²) in [6.07, 6.45) is -5.14. The van der Waals surface area contributed by atoms with Crippen LogP contribution >= 0.6 is 11.6 Å². The molecular formula is C10H5ClF5N3O. The minimum Gasteiger partial charge on any atom is -0.268 e. The van der Waals surface area contributed by atoms with E-state index < -0.39 is 40.0 Å². The highest BCUT2D eigenvalue weighted by molar-refractivity contribution is 6.30. The summed E-state index contributed by atoms with van der Waals surface area (Å²) in [6.45, 7) is 0.679. The highest BCUT2D eigenvalue weighted by atomic mass is 35.5. The molecule has 2 rings (SSSR count). The molecule has 0 fully saturated rings. The van der Waals surface area contributed by atoms with Crippen molar-refractivity contribution in [1.82, 2.24) is 5.01 Å².